The van der Waals surface area contributed by atoms with Crippen molar-refractivity contribution in [1.82, 2.24) is 15.5 Å². The van der Waals surface area contributed by atoms with Gasteiger partial charge in [-0.25, -0.2) is 0 Å². The predicted molar refractivity (Wildman–Crippen MR) is 77.5 cm³/mol. The number of nitrogens with one attached hydrogen (secondary N) is 1. The van der Waals surface area contributed by atoms with Gasteiger partial charge in [0.05, 0.1) is 0 Å². The topological polar surface area (TPSA) is 94.0 Å². The standard InChI is InChI=1S/C13H22N4O2.ClH/c1-2-12-16-11(17-19-12)6-7-15-13(18)10-5-3-4-9(10)8-14;/h9-10H,2-8,14H2,1H3,(H,15,18);1H/t9-,10-;/m1./s1. The normalized spacial score (nSPS) is 21.5. The Morgan fingerprint density at radius 2 is 2.30 bits per heavy atom. The number of aryl methyl sites for hydroxylation is 1. The number of hydrogen-bond donors (Lipinski definition) is 2. The quantitative estimate of drug-likeness (QED) is 0.820. The van der Waals surface area contributed by atoms with Gasteiger partial charge in [-0.1, -0.05) is 18.5 Å². The number of amides is 1. The minimum absolute atomic E-state index is 0. The number of hydrogen-bond acceptors (Lipinski definition) is 5. The Balaban J connectivity index is 0.00000200. The minimum Gasteiger partial charge on any atom is -0.355 e. The Kier molecular flexibility index (Phi) is 6.95. The Hall–Kier alpha value is -1.14. The zero-order valence-electron chi connectivity index (χ0n) is 11.8. The largest absolute Gasteiger partial charge is 0.355 e. The molecular formula is C13H23ClN4O2. The fourth-order valence-electron chi connectivity index (χ4n) is 2.63. The highest BCUT2D eigenvalue weighted by atomic mass is 35.5. The first kappa shape index (κ1) is 16.9. The summed E-state index contributed by atoms with van der Waals surface area (Å²) < 4.78 is 5.02. The molecule has 1 aliphatic carbocycles. The fourth-order valence-corrected chi connectivity index (χ4v) is 2.63. The van der Waals surface area contributed by atoms with Gasteiger partial charge in [0.15, 0.2) is 5.82 Å². The molecule has 0 saturated heterocycles. The van der Waals surface area contributed by atoms with Crippen molar-refractivity contribution < 1.29 is 9.32 Å². The molecule has 3 N–H and O–H groups in total. The van der Waals surface area contributed by atoms with E-state index < -0.39 is 0 Å². The third kappa shape index (κ3) is 4.18. The van der Waals surface area contributed by atoms with Crippen molar-refractivity contribution in [2.75, 3.05) is 13.1 Å². The van der Waals surface area contributed by atoms with Gasteiger partial charge in [-0.2, -0.15) is 4.98 Å². The molecule has 0 unspecified atom stereocenters. The van der Waals surface area contributed by atoms with Crippen molar-refractivity contribution in [3.63, 3.8) is 0 Å². The Morgan fingerprint density at radius 1 is 1.50 bits per heavy atom. The van der Waals surface area contributed by atoms with Gasteiger partial charge in [0, 0.05) is 25.3 Å². The first-order valence-electron chi connectivity index (χ1n) is 7.03. The molecule has 0 aromatic carbocycles. The molecule has 2 rings (SSSR count). The van der Waals surface area contributed by atoms with Crippen LogP contribution in [-0.2, 0) is 17.6 Å². The van der Waals surface area contributed by atoms with Gasteiger partial charge in [-0.3, -0.25) is 4.79 Å². The highest BCUT2D eigenvalue weighted by molar-refractivity contribution is 5.85. The van der Waals surface area contributed by atoms with Gasteiger partial charge in [-0.05, 0) is 25.3 Å². The number of carbonyl (C=O) groups excluding carboxylic acids is 1. The van der Waals surface area contributed by atoms with Gasteiger partial charge in [-0.15, -0.1) is 12.4 Å². The molecule has 1 amide bonds. The molecule has 0 bridgehead atoms. The third-order valence-corrected chi connectivity index (χ3v) is 3.76. The third-order valence-electron chi connectivity index (χ3n) is 3.76. The summed E-state index contributed by atoms with van der Waals surface area (Å²) in [5, 5.41) is 6.80. The summed E-state index contributed by atoms with van der Waals surface area (Å²) in [6, 6.07) is 0. The van der Waals surface area contributed by atoms with Gasteiger partial charge in [0.2, 0.25) is 11.8 Å². The molecule has 0 radical (unpaired) electrons. The summed E-state index contributed by atoms with van der Waals surface area (Å²) in [4.78, 5) is 16.2. The molecule has 1 aromatic heterocycles. The van der Waals surface area contributed by atoms with E-state index in [9.17, 15) is 4.79 Å². The lowest BCUT2D eigenvalue weighted by molar-refractivity contribution is -0.125. The number of nitrogens with zero attached hydrogens (tertiary/aromatic N) is 2. The van der Waals surface area contributed by atoms with Crippen LogP contribution in [0.3, 0.4) is 0 Å². The van der Waals surface area contributed by atoms with Crippen LogP contribution in [0.4, 0.5) is 0 Å². The number of halogens is 1. The molecule has 1 heterocycles. The maximum absolute atomic E-state index is 12.0. The van der Waals surface area contributed by atoms with Crippen LogP contribution in [0.15, 0.2) is 4.52 Å². The predicted octanol–water partition coefficient (Wildman–Crippen LogP) is 1.09. The molecule has 0 spiro atoms. The minimum atomic E-state index is 0. The Bertz CT molecular complexity index is 424. The molecule has 1 aliphatic rings. The van der Waals surface area contributed by atoms with E-state index in [1.54, 1.807) is 0 Å². The van der Waals surface area contributed by atoms with E-state index in [0.29, 0.717) is 37.1 Å². The van der Waals surface area contributed by atoms with Crippen LogP contribution < -0.4 is 11.1 Å². The lowest BCUT2D eigenvalue weighted by Crippen LogP contribution is -2.36. The van der Waals surface area contributed by atoms with Gasteiger partial charge in [0.1, 0.15) is 0 Å². The summed E-state index contributed by atoms with van der Waals surface area (Å²) in [6.45, 7) is 3.12. The van der Waals surface area contributed by atoms with Crippen molar-refractivity contribution in [2.45, 2.75) is 39.0 Å². The second-order valence-electron chi connectivity index (χ2n) is 5.03. The van der Waals surface area contributed by atoms with E-state index in [1.807, 2.05) is 6.92 Å². The molecule has 0 aliphatic heterocycles. The first-order chi connectivity index (χ1) is 9.24. The van der Waals surface area contributed by atoms with Crippen LogP contribution in [0.1, 0.15) is 37.9 Å². The van der Waals surface area contributed by atoms with Gasteiger partial charge >= 0.3 is 0 Å². The van der Waals surface area contributed by atoms with Crippen molar-refractivity contribution in [2.24, 2.45) is 17.6 Å². The molecule has 1 fully saturated rings. The summed E-state index contributed by atoms with van der Waals surface area (Å²) in [7, 11) is 0. The number of nitrogens with two attached hydrogens (primary N) is 1. The lowest BCUT2D eigenvalue weighted by atomic mass is 9.95. The highest BCUT2D eigenvalue weighted by Gasteiger charge is 2.31. The molecule has 2 atom stereocenters. The van der Waals surface area contributed by atoms with E-state index in [0.717, 1.165) is 25.7 Å². The molecule has 1 saturated carbocycles. The second kappa shape index (κ2) is 8.21. The monoisotopic (exact) mass is 302 g/mol. The van der Waals surface area contributed by atoms with Crippen molar-refractivity contribution in [1.29, 1.82) is 0 Å². The maximum Gasteiger partial charge on any atom is 0.226 e. The number of carbonyl (C=O) groups is 1. The summed E-state index contributed by atoms with van der Waals surface area (Å²) in [5.74, 6) is 1.84. The van der Waals surface area contributed by atoms with E-state index in [-0.39, 0.29) is 24.2 Å². The average molecular weight is 303 g/mol. The molecule has 1 aromatic rings. The average Bonchev–Trinajstić information content (AvgIpc) is 3.06. The number of aromatic nitrogens is 2. The summed E-state index contributed by atoms with van der Waals surface area (Å²) in [6.07, 6.45) is 4.47. The van der Waals surface area contributed by atoms with Crippen LogP contribution in [0.25, 0.3) is 0 Å². The van der Waals surface area contributed by atoms with E-state index in [1.165, 1.54) is 0 Å². The smallest absolute Gasteiger partial charge is 0.226 e. The van der Waals surface area contributed by atoms with E-state index >= 15 is 0 Å². The van der Waals surface area contributed by atoms with Crippen LogP contribution in [-0.4, -0.2) is 29.1 Å². The van der Waals surface area contributed by atoms with Crippen LogP contribution in [0.2, 0.25) is 0 Å². The Labute approximate surface area is 125 Å². The van der Waals surface area contributed by atoms with Crippen molar-refractivity contribution in [3.8, 4) is 0 Å². The molecule has 114 valence electrons. The SMILES string of the molecule is CCc1nc(CCNC(=O)[C@@H]2CCC[C@@H]2CN)no1.Cl. The maximum atomic E-state index is 12.0. The van der Waals surface area contributed by atoms with Crippen LogP contribution >= 0.6 is 12.4 Å². The zero-order chi connectivity index (χ0) is 13.7. The summed E-state index contributed by atoms with van der Waals surface area (Å²) >= 11 is 0. The highest BCUT2D eigenvalue weighted by Crippen LogP contribution is 2.30. The van der Waals surface area contributed by atoms with Crippen LogP contribution in [0.5, 0.6) is 0 Å². The summed E-state index contributed by atoms with van der Waals surface area (Å²) in [5.41, 5.74) is 5.69. The van der Waals surface area contributed by atoms with E-state index in [4.69, 9.17) is 10.3 Å². The zero-order valence-corrected chi connectivity index (χ0v) is 12.6. The van der Waals surface area contributed by atoms with Crippen molar-refractivity contribution >= 4 is 18.3 Å². The Morgan fingerprint density at radius 3 is 2.95 bits per heavy atom. The fraction of sp³-hybridized carbons (Fsp3) is 0.769. The van der Waals surface area contributed by atoms with Gasteiger partial charge in [0.25, 0.3) is 0 Å². The second-order valence-corrected chi connectivity index (χ2v) is 5.03. The van der Waals surface area contributed by atoms with Crippen molar-refractivity contribution in [3.05, 3.63) is 11.7 Å². The molecule has 6 nitrogen and oxygen atoms in total. The van der Waals surface area contributed by atoms with Crippen LogP contribution in [0, 0.1) is 11.8 Å². The van der Waals surface area contributed by atoms with E-state index in [2.05, 4.69) is 15.5 Å². The molecular weight excluding hydrogens is 280 g/mol. The molecule has 7 heteroatoms. The lowest BCUT2D eigenvalue weighted by Gasteiger charge is -2.16. The van der Waals surface area contributed by atoms with Gasteiger partial charge < -0.3 is 15.6 Å². The first-order valence-corrected chi connectivity index (χ1v) is 7.03. The molecule has 20 heavy (non-hydrogen) atoms. The number of rotatable bonds is 6.